The molecule has 0 atom stereocenters. The molecule has 1 aliphatic rings. The highest BCUT2D eigenvalue weighted by Crippen LogP contribution is 2.31. The van der Waals surface area contributed by atoms with Gasteiger partial charge in [0.2, 0.25) is 0 Å². The number of amides is 1. The number of aliphatic imine (C=N–C) groups is 1. The lowest BCUT2D eigenvalue weighted by Gasteiger charge is -2.28. The van der Waals surface area contributed by atoms with Crippen LogP contribution >= 0.6 is 0 Å². The largest absolute Gasteiger partial charge is 0.416 e. The second-order valence-electron chi connectivity index (χ2n) is 8.97. The number of carbonyl (C=O) groups excluding carboxylic acids is 1. The van der Waals surface area contributed by atoms with Gasteiger partial charge in [0, 0.05) is 30.7 Å². The number of benzene rings is 1. The van der Waals surface area contributed by atoms with Crippen molar-refractivity contribution in [2.45, 2.75) is 61.1 Å². The van der Waals surface area contributed by atoms with Gasteiger partial charge in [-0.3, -0.25) is 15.6 Å². The number of aromatic nitrogens is 1. The van der Waals surface area contributed by atoms with Gasteiger partial charge in [-0.1, -0.05) is 46.8 Å². The molecular weight excluding hydrogens is 564 g/mol. The van der Waals surface area contributed by atoms with Crippen LogP contribution in [0.15, 0.2) is 66.1 Å². The molecule has 43 heavy (non-hydrogen) atoms. The van der Waals surface area contributed by atoms with E-state index >= 15 is 0 Å². The molecule has 0 bridgehead atoms. The molecule has 0 saturated carbocycles. The number of ether oxygens (including phenoxy) is 1. The normalized spacial score (nSPS) is 12.9. The van der Waals surface area contributed by atoms with E-state index in [0.717, 1.165) is 44.1 Å². The summed E-state index contributed by atoms with van der Waals surface area (Å²) in [6.07, 6.45) is 0.609. The Balaban J connectivity index is 0.00000104. The smallest absolute Gasteiger partial charge is 0.378 e. The molecule has 1 aliphatic heterocycles. The first-order valence-electron chi connectivity index (χ1n) is 14.1. The molecule has 0 radical (unpaired) electrons. The molecule has 240 valence electrons. The maximum absolute atomic E-state index is 12.8. The Morgan fingerprint density at radius 3 is 2.26 bits per heavy atom. The number of anilines is 2. The van der Waals surface area contributed by atoms with Crippen LogP contribution in [0.5, 0.6) is 0 Å². The van der Waals surface area contributed by atoms with Gasteiger partial charge in [0.1, 0.15) is 18.2 Å². The Kier molecular flexibility index (Phi) is 19.7. The first kappa shape index (κ1) is 39.1. The fraction of sp³-hybridized carbons (Fsp3) is 0.452. The van der Waals surface area contributed by atoms with Crippen molar-refractivity contribution in [2.75, 3.05) is 38.3 Å². The third-order valence-corrected chi connectivity index (χ3v) is 5.14. The van der Waals surface area contributed by atoms with Crippen LogP contribution in [0.1, 0.15) is 69.6 Å². The van der Waals surface area contributed by atoms with Crippen LogP contribution in [0.4, 0.5) is 28.9 Å². The Hall–Kier alpha value is -3.93. The fourth-order valence-corrected chi connectivity index (χ4v) is 3.21. The molecule has 1 aromatic heterocycles. The molecule has 1 aromatic carbocycles. The number of hydrogen-bond acceptors (Lipinski definition) is 6. The van der Waals surface area contributed by atoms with Crippen molar-refractivity contribution in [1.82, 2.24) is 20.7 Å². The highest BCUT2D eigenvalue weighted by atomic mass is 19.4. The number of nitrogens with zero attached hydrogens (tertiary/aromatic N) is 3. The number of allylic oxidation sites excluding steroid dienone is 2. The zero-order valence-electron chi connectivity index (χ0n) is 26.2. The van der Waals surface area contributed by atoms with Gasteiger partial charge in [0.05, 0.1) is 30.7 Å². The molecule has 0 spiro atoms. The van der Waals surface area contributed by atoms with Gasteiger partial charge >= 0.3 is 6.18 Å². The van der Waals surface area contributed by atoms with E-state index in [9.17, 15) is 22.4 Å². The predicted molar refractivity (Wildman–Crippen MR) is 167 cm³/mol. The summed E-state index contributed by atoms with van der Waals surface area (Å²) in [6.45, 7) is 20.4. The zero-order chi connectivity index (χ0) is 32.8. The summed E-state index contributed by atoms with van der Waals surface area (Å²) in [6, 6.07) is 6.35. The Bertz CT molecular complexity index is 1160. The Morgan fingerprint density at radius 2 is 1.74 bits per heavy atom. The van der Waals surface area contributed by atoms with E-state index in [1.54, 1.807) is 19.9 Å². The van der Waals surface area contributed by atoms with Crippen molar-refractivity contribution in [1.29, 1.82) is 0 Å². The van der Waals surface area contributed by atoms with Crippen LogP contribution in [-0.4, -0.2) is 54.6 Å². The lowest BCUT2D eigenvalue weighted by Crippen LogP contribution is -2.41. The average Bonchev–Trinajstić information content (AvgIpc) is 2.98. The van der Waals surface area contributed by atoms with Crippen LogP contribution in [-0.2, 0) is 10.9 Å². The molecule has 2 heterocycles. The van der Waals surface area contributed by atoms with Crippen molar-refractivity contribution >= 4 is 23.1 Å². The molecule has 0 unspecified atom stereocenters. The minimum atomic E-state index is -4.44. The number of carbonyl (C=O) groups is 1. The molecular formula is C31H46F4N6O2. The lowest BCUT2D eigenvalue weighted by atomic mass is 10.1. The lowest BCUT2D eigenvalue weighted by molar-refractivity contribution is -0.137. The van der Waals surface area contributed by atoms with E-state index in [1.165, 1.54) is 37.0 Å². The number of hydrazine groups is 1. The number of pyridine rings is 1. The number of alkyl halides is 4. The first-order chi connectivity index (χ1) is 20.4. The van der Waals surface area contributed by atoms with Crippen LogP contribution in [0.3, 0.4) is 0 Å². The number of hydrogen-bond donors (Lipinski definition) is 3. The molecule has 1 amide bonds. The summed E-state index contributed by atoms with van der Waals surface area (Å²) in [7, 11) is 0. The molecule has 2 aromatic rings. The van der Waals surface area contributed by atoms with Gasteiger partial charge in [0.25, 0.3) is 5.91 Å². The van der Waals surface area contributed by atoms with Crippen molar-refractivity contribution in [3.8, 4) is 0 Å². The Morgan fingerprint density at radius 1 is 1.12 bits per heavy atom. The average molecular weight is 611 g/mol. The number of morpholine rings is 1. The number of nitrogens with one attached hydrogen (secondary N) is 3. The summed E-state index contributed by atoms with van der Waals surface area (Å²) in [5.41, 5.74) is 6.65. The van der Waals surface area contributed by atoms with Gasteiger partial charge in [-0.2, -0.15) is 13.2 Å². The van der Waals surface area contributed by atoms with E-state index in [4.69, 9.17) is 4.74 Å². The van der Waals surface area contributed by atoms with Gasteiger partial charge in [0.15, 0.2) is 0 Å². The van der Waals surface area contributed by atoms with Gasteiger partial charge < -0.3 is 15.0 Å². The van der Waals surface area contributed by atoms with E-state index in [2.05, 4.69) is 51.5 Å². The molecule has 3 rings (SSSR count). The topological polar surface area (TPSA) is 90.9 Å². The second-order valence-corrected chi connectivity index (χ2v) is 8.97. The van der Waals surface area contributed by atoms with E-state index in [0.29, 0.717) is 17.1 Å². The van der Waals surface area contributed by atoms with Crippen LogP contribution in [0, 0.1) is 6.92 Å². The summed E-state index contributed by atoms with van der Waals surface area (Å²) in [4.78, 5) is 22.4. The fourth-order valence-electron chi connectivity index (χ4n) is 3.21. The maximum atomic E-state index is 12.8. The number of aryl methyl sites for hydroxylation is 1. The maximum Gasteiger partial charge on any atom is 0.416 e. The highest BCUT2D eigenvalue weighted by Gasteiger charge is 2.30. The minimum Gasteiger partial charge on any atom is -0.378 e. The Labute approximate surface area is 253 Å². The SMILES string of the molecule is C=C(C)N1CCOCC1.CC.CC(=N/C=C/CF)NNC(=O)c1ncc(Nc2cccc(C(F)(F)F)c2)cc1C.CCC. The molecule has 1 saturated heterocycles. The quantitative estimate of drug-likeness (QED) is 0.135. The molecule has 12 heteroatoms. The van der Waals surface area contributed by atoms with Crippen molar-refractivity contribution in [2.24, 2.45) is 4.99 Å². The van der Waals surface area contributed by atoms with Crippen LogP contribution in [0.25, 0.3) is 0 Å². The van der Waals surface area contributed by atoms with Gasteiger partial charge in [-0.15, -0.1) is 0 Å². The van der Waals surface area contributed by atoms with Crippen LogP contribution in [0.2, 0.25) is 0 Å². The van der Waals surface area contributed by atoms with E-state index < -0.39 is 24.3 Å². The summed E-state index contributed by atoms with van der Waals surface area (Å²) in [5, 5.41) is 2.84. The first-order valence-corrected chi connectivity index (χ1v) is 14.1. The standard InChI is InChI=1S/C19H19F4N5O.C7H13NO.C3H8.C2H6/c1-12-9-16(26-15-6-3-5-14(10-15)19(21,22)23)11-25-17(12)18(29)28-27-13(2)24-8-4-7-20;1-7(2)8-3-5-9-6-4-8;1-3-2;1-2/h3-6,8-11,26H,7H2,1-2H3,(H,24,27)(H,28,29);1,3-6H2,2H3;3H2,1-2H3;1-2H3/b8-4+;;;. The number of halogens is 4. The monoisotopic (exact) mass is 610 g/mol. The second kappa shape index (κ2) is 21.7. The molecule has 3 N–H and O–H groups in total. The van der Waals surface area contributed by atoms with Crippen molar-refractivity contribution in [3.05, 3.63) is 77.9 Å². The van der Waals surface area contributed by atoms with Crippen molar-refractivity contribution in [3.63, 3.8) is 0 Å². The third-order valence-electron chi connectivity index (χ3n) is 5.14. The zero-order valence-corrected chi connectivity index (χ0v) is 26.2. The predicted octanol–water partition coefficient (Wildman–Crippen LogP) is 7.58. The third kappa shape index (κ3) is 16.3. The van der Waals surface area contributed by atoms with Crippen LogP contribution < -0.4 is 16.2 Å². The van der Waals surface area contributed by atoms with Gasteiger partial charge in [-0.05, 0) is 56.7 Å². The minimum absolute atomic E-state index is 0.124. The highest BCUT2D eigenvalue weighted by molar-refractivity contribution is 5.95. The summed E-state index contributed by atoms with van der Waals surface area (Å²) >= 11 is 0. The number of rotatable bonds is 6. The number of amidine groups is 1. The van der Waals surface area contributed by atoms with E-state index in [1.807, 2.05) is 20.8 Å². The molecule has 0 aliphatic carbocycles. The van der Waals surface area contributed by atoms with Crippen molar-refractivity contribution < 1.29 is 27.1 Å². The summed E-state index contributed by atoms with van der Waals surface area (Å²) in [5.74, 6) is -0.194. The molecule has 1 fully saturated rings. The van der Waals surface area contributed by atoms with Gasteiger partial charge in [-0.25, -0.2) is 14.4 Å². The van der Waals surface area contributed by atoms with E-state index in [-0.39, 0.29) is 11.4 Å². The molecule has 8 nitrogen and oxygen atoms in total. The summed E-state index contributed by atoms with van der Waals surface area (Å²) < 4.78 is 55.6.